The molecule has 46 valence electrons. The lowest BCUT2D eigenvalue weighted by molar-refractivity contribution is 0.610. The van der Waals surface area contributed by atoms with Gasteiger partial charge in [0.15, 0.2) is 9.84 Å². The van der Waals surface area contributed by atoms with Gasteiger partial charge in [0.1, 0.15) is 0 Å². The molecule has 0 aliphatic rings. The summed E-state index contributed by atoms with van der Waals surface area (Å²) in [4.78, 5) is 0. The Morgan fingerprint density at radius 3 is 2.12 bits per heavy atom. The predicted octanol–water partition coefficient (Wildman–Crippen LogP) is 0.731. The van der Waals surface area contributed by atoms with Gasteiger partial charge < -0.3 is 0 Å². The first-order valence-electron chi connectivity index (χ1n) is 2.05. The van der Waals surface area contributed by atoms with Gasteiger partial charge >= 0.3 is 0 Å². The van der Waals surface area contributed by atoms with Crippen molar-refractivity contribution in [3.05, 3.63) is 24.1 Å². The maximum atomic E-state index is 10.3. The smallest absolute Gasteiger partial charge is 0.168 e. The van der Waals surface area contributed by atoms with Crippen molar-refractivity contribution in [3.63, 3.8) is 0 Å². The first-order chi connectivity index (χ1) is 3.56. The van der Waals surface area contributed by atoms with Gasteiger partial charge in [0.05, 0.1) is 0 Å². The minimum absolute atomic E-state index is 1.10. The average molecular weight is 132 g/mol. The van der Waals surface area contributed by atoms with Gasteiger partial charge in [0.2, 0.25) is 0 Å². The third-order valence-corrected chi connectivity index (χ3v) is 1.11. The van der Waals surface area contributed by atoms with Crippen molar-refractivity contribution in [2.45, 2.75) is 0 Å². The first-order valence-corrected chi connectivity index (χ1v) is 4.01. The standard InChI is InChI=1S/C5H8O2S/c1-3-4-5-8(2,6)7/h3-5H,1H2,2H3. The summed E-state index contributed by atoms with van der Waals surface area (Å²) in [5.74, 6) is 0. The lowest BCUT2D eigenvalue weighted by Crippen LogP contribution is -1.86. The predicted molar refractivity (Wildman–Crippen MR) is 34.2 cm³/mol. The Kier molecular flexibility index (Phi) is 2.48. The maximum Gasteiger partial charge on any atom is 0.168 e. The number of allylic oxidation sites excluding steroid dienone is 2. The highest BCUT2D eigenvalue weighted by atomic mass is 32.2. The normalized spacial score (nSPS) is 12.1. The molecule has 0 amide bonds. The third-order valence-electron chi connectivity index (χ3n) is 0.462. The van der Waals surface area contributed by atoms with E-state index in [-0.39, 0.29) is 0 Å². The molecule has 0 atom stereocenters. The molecule has 2 nitrogen and oxygen atoms in total. The van der Waals surface area contributed by atoms with Crippen LogP contribution in [0.25, 0.3) is 0 Å². The molecule has 0 aliphatic heterocycles. The van der Waals surface area contributed by atoms with Crippen LogP contribution in [0.4, 0.5) is 0 Å². The van der Waals surface area contributed by atoms with Crippen molar-refractivity contribution in [1.82, 2.24) is 0 Å². The molecule has 0 unspecified atom stereocenters. The Balaban J connectivity index is 4.12. The topological polar surface area (TPSA) is 34.1 Å². The molecule has 0 saturated heterocycles. The van der Waals surface area contributed by atoms with Crippen LogP contribution in [0.2, 0.25) is 0 Å². The van der Waals surface area contributed by atoms with Gasteiger partial charge in [-0.25, -0.2) is 8.42 Å². The zero-order chi connectivity index (χ0) is 6.62. The van der Waals surface area contributed by atoms with Crippen LogP contribution in [0, 0.1) is 0 Å². The zero-order valence-electron chi connectivity index (χ0n) is 4.66. The van der Waals surface area contributed by atoms with Crippen LogP contribution < -0.4 is 0 Å². The van der Waals surface area contributed by atoms with Crippen LogP contribution in [0.15, 0.2) is 24.1 Å². The van der Waals surface area contributed by atoms with Crippen molar-refractivity contribution in [2.75, 3.05) is 6.26 Å². The van der Waals surface area contributed by atoms with E-state index in [1.165, 1.54) is 12.2 Å². The van der Waals surface area contributed by atoms with Crippen LogP contribution in [0.1, 0.15) is 0 Å². The molecular formula is C5H8O2S. The molecule has 0 aromatic heterocycles. The molecule has 0 aromatic carbocycles. The Hall–Kier alpha value is -0.570. The van der Waals surface area contributed by atoms with Gasteiger partial charge in [0.25, 0.3) is 0 Å². The van der Waals surface area contributed by atoms with Crippen LogP contribution >= 0.6 is 0 Å². The van der Waals surface area contributed by atoms with E-state index in [4.69, 9.17) is 0 Å². The molecule has 0 bridgehead atoms. The lowest BCUT2D eigenvalue weighted by Gasteiger charge is -1.78. The fourth-order valence-corrected chi connectivity index (χ4v) is 0.595. The van der Waals surface area contributed by atoms with E-state index in [0.29, 0.717) is 0 Å². The molecule has 0 fully saturated rings. The van der Waals surface area contributed by atoms with E-state index in [1.807, 2.05) is 0 Å². The second-order valence-electron chi connectivity index (χ2n) is 1.39. The second kappa shape index (κ2) is 2.67. The fraction of sp³-hybridized carbons (Fsp3) is 0.200. The summed E-state index contributed by atoms with van der Waals surface area (Å²) in [6.45, 7) is 3.31. The highest BCUT2D eigenvalue weighted by Gasteiger charge is 1.88. The summed E-state index contributed by atoms with van der Waals surface area (Å²) < 4.78 is 20.5. The summed E-state index contributed by atoms with van der Waals surface area (Å²) in [5, 5.41) is 1.10. The van der Waals surface area contributed by atoms with Crippen LogP contribution in [-0.2, 0) is 9.84 Å². The molecule has 0 rings (SSSR count). The second-order valence-corrected chi connectivity index (χ2v) is 3.32. The Morgan fingerprint density at radius 2 is 2.00 bits per heavy atom. The summed E-state index contributed by atoms with van der Waals surface area (Å²) in [7, 11) is -2.94. The van der Waals surface area contributed by atoms with Gasteiger partial charge in [-0.1, -0.05) is 18.7 Å². The highest BCUT2D eigenvalue weighted by molar-refractivity contribution is 7.93. The molecule has 0 spiro atoms. The largest absolute Gasteiger partial charge is 0.225 e. The van der Waals surface area contributed by atoms with Gasteiger partial charge in [-0.15, -0.1) is 0 Å². The molecule has 0 N–H and O–H groups in total. The number of hydrogen-bond donors (Lipinski definition) is 0. The molecule has 0 aromatic rings. The Labute approximate surface area is 49.4 Å². The molecule has 0 aliphatic carbocycles. The Bertz CT molecular complexity index is 186. The van der Waals surface area contributed by atoms with E-state index in [0.717, 1.165) is 11.7 Å². The summed E-state index contributed by atoms with van der Waals surface area (Å²) in [5.41, 5.74) is 0. The summed E-state index contributed by atoms with van der Waals surface area (Å²) in [6, 6.07) is 0. The van der Waals surface area contributed by atoms with Crippen LogP contribution in [0.3, 0.4) is 0 Å². The van der Waals surface area contributed by atoms with E-state index >= 15 is 0 Å². The minimum atomic E-state index is -2.94. The average Bonchev–Trinajstić information content (AvgIpc) is 1.59. The molecule has 3 heteroatoms. The summed E-state index contributed by atoms with van der Waals surface area (Å²) in [6.07, 6.45) is 3.93. The number of rotatable bonds is 2. The fourth-order valence-electron chi connectivity index (χ4n) is 0.198. The maximum absolute atomic E-state index is 10.3. The van der Waals surface area contributed by atoms with Crippen molar-refractivity contribution in [2.24, 2.45) is 0 Å². The van der Waals surface area contributed by atoms with Gasteiger partial charge in [-0.2, -0.15) is 0 Å². The van der Waals surface area contributed by atoms with Crippen LogP contribution in [0.5, 0.6) is 0 Å². The minimum Gasteiger partial charge on any atom is -0.225 e. The summed E-state index contributed by atoms with van der Waals surface area (Å²) >= 11 is 0. The van der Waals surface area contributed by atoms with Crippen LogP contribution in [-0.4, -0.2) is 14.7 Å². The van der Waals surface area contributed by atoms with Crippen molar-refractivity contribution in [1.29, 1.82) is 0 Å². The molecule has 0 saturated carbocycles. The molecule has 0 heterocycles. The number of hydrogen-bond acceptors (Lipinski definition) is 2. The lowest BCUT2D eigenvalue weighted by atomic mass is 10.6. The van der Waals surface area contributed by atoms with Crippen molar-refractivity contribution >= 4 is 9.84 Å². The zero-order valence-corrected chi connectivity index (χ0v) is 5.48. The molecular weight excluding hydrogens is 124 g/mol. The van der Waals surface area contributed by atoms with Crippen molar-refractivity contribution < 1.29 is 8.42 Å². The SMILES string of the molecule is C=CC=CS(C)(=O)=O. The first kappa shape index (κ1) is 7.43. The Morgan fingerprint density at radius 1 is 1.50 bits per heavy atom. The van der Waals surface area contributed by atoms with Gasteiger partial charge in [-0.05, 0) is 0 Å². The van der Waals surface area contributed by atoms with E-state index in [1.54, 1.807) is 0 Å². The quantitative estimate of drug-likeness (QED) is 0.519. The molecule has 0 radical (unpaired) electrons. The highest BCUT2D eigenvalue weighted by Crippen LogP contribution is 1.83. The van der Waals surface area contributed by atoms with E-state index in [9.17, 15) is 8.42 Å². The van der Waals surface area contributed by atoms with E-state index < -0.39 is 9.84 Å². The molecule has 8 heavy (non-hydrogen) atoms. The van der Waals surface area contributed by atoms with Gasteiger partial charge in [0, 0.05) is 11.7 Å². The van der Waals surface area contributed by atoms with Crippen molar-refractivity contribution in [3.8, 4) is 0 Å². The van der Waals surface area contributed by atoms with E-state index in [2.05, 4.69) is 6.58 Å². The monoisotopic (exact) mass is 132 g/mol. The third kappa shape index (κ3) is 5.43. The number of sulfone groups is 1. The van der Waals surface area contributed by atoms with Gasteiger partial charge in [-0.3, -0.25) is 0 Å².